The fraction of sp³-hybridized carbons (Fsp3) is 0.600. The van der Waals surface area contributed by atoms with Gasteiger partial charge in [0.05, 0.1) is 11.6 Å². The van der Waals surface area contributed by atoms with Gasteiger partial charge in [-0.25, -0.2) is 4.39 Å². The maximum atomic E-state index is 13.1. The lowest BCUT2D eigenvalue weighted by atomic mass is 9.83. The van der Waals surface area contributed by atoms with E-state index in [1.54, 1.807) is 0 Å². The zero-order valence-corrected chi connectivity index (χ0v) is 8.72. The van der Waals surface area contributed by atoms with Crippen molar-refractivity contribution in [3.05, 3.63) is 23.0 Å². The molecule has 14 heavy (non-hydrogen) atoms. The smallest absolute Gasteiger partial charge is 0.137 e. The summed E-state index contributed by atoms with van der Waals surface area (Å²) in [5.74, 6) is -0.0558. The fourth-order valence-electron chi connectivity index (χ4n) is 1.99. The van der Waals surface area contributed by atoms with E-state index in [4.69, 9.17) is 16.4 Å². The number of nitrogens with one attached hydrogen (secondary N) is 1. The van der Waals surface area contributed by atoms with Gasteiger partial charge in [0.15, 0.2) is 0 Å². The largest absolute Gasteiger partial charge is 0.301 e. The van der Waals surface area contributed by atoms with Gasteiger partial charge in [-0.1, -0.05) is 24.6 Å². The van der Waals surface area contributed by atoms with Crippen LogP contribution in [0.25, 0.3) is 0 Å². The third-order valence-corrected chi connectivity index (χ3v) is 3.43. The molecule has 1 aliphatic carbocycles. The van der Waals surface area contributed by atoms with Gasteiger partial charge in [-0.3, -0.25) is 0 Å². The normalized spacial score (nSPS) is 38.1. The molecule has 1 aliphatic heterocycles. The predicted octanol–water partition coefficient (Wildman–Crippen LogP) is 2.52. The second kappa shape index (κ2) is 4.01. The van der Waals surface area contributed by atoms with Crippen molar-refractivity contribution in [2.45, 2.75) is 19.4 Å². The topological polar surface area (TPSA) is 21.3 Å². The average molecular weight is 218 g/mol. The Morgan fingerprint density at radius 3 is 3.07 bits per heavy atom. The third-order valence-electron chi connectivity index (χ3n) is 2.90. The highest BCUT2D eigenvalue weighted by Crippen LogP contribution is 2.36. The van der Waals surface area contributed by atoms with Crippen LogP contribution in [0.15, 0.2) is 23.0 Å². The van der Waals surface area contributed by atoms with Gasteiger partial charge in [0.25, 0.3) is 0 Å². The summed E-state index contributed by atoms with van der Waals surface area (Å²) in [5, 5.41) is 0.325. The maximum absolute atomic E-state index is 13.1. The molecule has 0 aromatic heterocycles. The summed E-state index contributed by atoms with van der Waals surface area (Å²) in [6, 6.07) is 0.253. The molecule has 2 unspecified atom stereocenters. The minimum Gasteiger partial charge on any atom is -0.301 e. The second-order valence-corrected chi connectivity index (χ2v) is 4.19. The van der Waals surface area contributed by atoms with Crippen LogP contribution in [0.2, 0.25) is 0 Å². The molecule has 1 fully saturated rings. The highest BCUT2D eigenvalue weighted by molar-refractivity contribution is 6.30. The van der Waals surface area contributed by atoms with E-state index in [1.807, 2.05) is 13.0 Å². The molecule has 0 aromatic carbocycles. The molecule has 2 rings (SSSR count). The van der Waals surface area contributed by atoms with Crippen molar-refractivity contribution in [2.24, 2.45) is 11.8 Å². The van der Waals surface area contributed by atoms with Crippen molar-refractivity contribution in [1.82, 2.24) is 5.48 Å². The summed E-state index contributed by atoms with van der Waals surface area (Å²) in [7, 11) is 0. The van der Waals surface area contributed by atoms with Gasteiger partial charge in [0.1, 0.15) is 5.83 Å². The van der Waals surface area contributed by atoms with Crippen LogP contribution in [0.4, 0.5) is 4.39 Å². The lowest BCUT2D eigenvalue weighted by Gasteiger charge is -2.28. The van der Waals surface area contributed by atoms with Crippen molar-refractivity contribution in [2.75, 3.05) is 6.61 Å². The van der Waals surface area contributed by atoms with Gasteiger partial charge < -0.3 is 4.84 Å². The number of rotatable bonds is 1. The van der Waals surface area contributed by atoms with Crippen molar-refractivity contribution < 1.29 is 9.23 Å². The van der Waals surface area contributed by atoms with Crippen molar-refractivity contribution in [1.29, 1.82) is 0 Å². The van der Waals surface area contributed by atoms with Crippen LogP contribution in [0.1, 0.15) is 13.3 Å². The number of hydrogen-bond acceptors (Lipinski definition) is 2. The molecule has 1 heterocycles. The Morgan fingerprint density at radius 2 is 2.43 bits per heavy atom. The van der Waals surface area contributed by atoms with Gasteiger partial charge >= 0.3 is 0 Å². The summed E-state index contributed by atoms with van der Waals surface area (Å²) >= 11 is 5.88. The molecule has 4 heteroatoms. The minimum atomic E-state index is -0.311. The molecule has 0 aromatic rings. The lowest BCUT2D eigenvalue weighted by molar-refractivity contribution is 0.0781. The maximum Gasteiger partial charge on any atom is 0.137 e. The van der Waals surface area contributed by atoms with E-state index >= 15 is 0 Å². The second-order valence-electron chi connectivity index (χ2n) is 3.78. The summed E-state index contributed by atoms with van der Waals surface area (Å²) in [5.41, 5.74) is 2.94. The molecule has 1 saturated heterocycles. The molecule has 0 spiro atoms. The zero-order valence-electron chi connectivity index (χ0n) is 7.97. The molecule has 0 bridgehead atoms. The van der Waals surface area contributed by atoms with E-state index in [2.05, 4.69) is 5.48 Å². The Kier molecular flexibility index (Phi) is 2.91. The van der Waals surface area contributed by atoms with Gasteiger partial charge in [-0.2, -0.15) is 5.48 Å². The Balaban J connectivity index is 2.12. The van der Waals surface area contributed by atoms with E-state index < -0.39 is 0 Å². The quantitative estimate of drug-likeness (QED) is 0.729. The van der Waals surface area contributed by atoms with E-state index in [0.29, 0.717) is 11.6 Å². The Hall–Kier alpha value is -0.380. The molecule has 0 saturated carbocycles. The first kappa shape index (κ1) is 10.1. The zero-order chi connectivity index (χ0) is 10.1. The summed E-state index contributed by atoms with van der Waals surface area (Å²) in [6.45, 7) is 2.65. The summed E-state index contributed by atoms with van der Waals surface area (Å²) < 4.78 is 13.1. The van der Waals surface area contributed by atoms with Crippen LogP contribution in [0, 0.1) is 11.8 Å². The van der Waals surface area contributed by atoms with Crippen LogP contribution >= 0.6 is 11.6 Å². The van der Waals surface area contributed by atoms with Gasteiger partial charge in [-0.05, 0) is 12.5 Å². The molecule has 0 amide bonds. The highest BCUT2D eigenvalue weighted by atomic mass is 35.5. The van der Waals surface area contributed by atoms with E-state index in [-0.39, 0.29) is 23.7 Å². The lowest BCUT2D eigenvalue weighted by Crippen LogP contribution is -2.33. The molecule has 2 aliphatic rings. The molecule has 1 N–H and O–H groups in total. The van der Waals surface area contributed by atoms with Gasteiger partial charge in [0, 0.05) is 17.9 Å². The van der Waals surface area contributed by atoms with Crippen LogP contribution in [0.3, 0.4) is 0 Å². The van der Waals surface area contributed by atoms with E-state index in [1.165, 1.54) is 6.08 Å². The Bertz CT molecular complexity index is 284. The first-order valence-corrected chi connectivity index (χ1v) is 5.18. The number of hydroxylamine groups is 1. The van der Waals surface area contributed by atoms with Crippen molar-refractivity contribution in [3.8, 4) is 0 Å². The van der Waals surface area contributed by atoms with Crippen LogP contribution in [-0.2, 0) is 4.84 Å². The minimum absolute atomic E-state index is 0.0286. The number of allylic oxidation sites excluding steroid dienone is 3. The SMILES string of the molecule is CC1C(Cl)=C(F)C=CC1[C@H]1CCON1. The molecular weight excluding hydrogens is 205 g/mol. The van der Waals surface area contributed by atoms with Crippen LogP contribution in [-0.4, -0.2) is 12.6 Å². The first-order valence-electron chi connectivity index (χ1n) is 4.81. The standard InChI is InChI=1S/C10H13ClFNO/c1-6-7(9-4-5-14-13-9)2-3-8(12)10(6)11/h2-3,6-7,9,13H,4-5H2,1H3/t6?,7?,9-/m1/s1. The van der Waals surface area contributed by atoms with Crippen LogP contribution in [0.5, 0.6) is 0 Å². The van der Waals surface area contributed by atoms with Gasteiger partial charge in [-0.15, -0.1) is 0 Å². The number of halogens is 2. The molecule has 3 atom stereocenters. The highest BCUT2D eigenvalue weighted by Gasteiger charge is 2.32. The fourth-order valence-corrected chi connectivity index (χ4v) is 2.20. The van der Waals surface area contributed by atoms with E-state index in [9.17, 15) is 4.39 Å². The van der Waals surface area contributed by atoms with Crippen molar-refractivity contribution >= 4 is 11.6 Å². The predicted molar refractivity (Wildman–Crippen MR) is 53.3 cm³/mol. The Labute approximate surface area is 87.7 Å². The average Bonchev–Trinajstić information content (AvgIpc) is 2.67. The summed E-state index contributed by atoms with van der Waals surface area (Å²) in [4.78, 5) is 5.08. The Morgan fingerprint density at radius 1 is 1.64 bits per heavy atom. The van der Waals surface area contributed by atoms with Crippen molar-refractivity contribution in [3.63, 3.8) is 0 Å². The van der Waals surface area contributed by atoms with Gasteiger partial charge in [0.2, 0.25) is 0 Å². The monoisotopic (exact) mass is 217 g/mol. The van der Waals surface area contributed by atoms with E-state index in [0.717, 1.165) is 6.42 Å². The number of hydrogen-bond donors (Lipinski definition) is 1. The van der Waals surface area contributed by atoms with Crippen LogP contribution < -0.4 is 5.48 Å². The molecule has 0 radical (unpaired) electrons. The third kappa shape index (κ3) is 1.72. The first-order chi connectivity index (χ1) is 6.70. The molecule has 78 valence electrons. The molecular formula is C10H13ClFNO. The summed E-state index contributed by atoms with van der Waals surface area (Å²) in [6.07, 6.45) is 4.27. The molecule has 2 nitrogen and oxygen atoms in total.